The van der Waals surface area contributed by atoms with Crippen molar-refractivity contribution in [2.45, 2.75) is 16.6 Å². The van der Waals surface area contributed by atoms with Gasteiger partial charge in [0.1, 0.15) is 0 Å². The summed E-state index contributed by atoms with van der Waals surface area (Å²) in [7, 11) is 0. The van der Waals surface area contributed by atoms with Crippen molar-refractivity contribution >= 4 is 34.8 Å². The van der Waals surface area contributed by atoms with Gasteiger partial charge in [-0.3, -0.25) is 4.79 Å². The molecule has 4 heteroatoms. The van der Waals surface area contributed by atoms with Crippen LogP contribution in [0, 0.1) is 0 Å². The van der Waals surface area contributed by atoms with Crippen LogP contribution in [0.4, 0.5) is 5.69 Å². The van der Waals surface area contributed by atoms with Crippen LogP contribution >= 0.6 is 23.4 Å². The van der Waals surface area contributed by atoms with Crippen molar-refractivity contribution in [1.82, 2.24) is 0 Å². The van der Waals surface area contributed by atoms with E-state index in [9.17, 15) is 4.79 Å². The topological polar surface area (TPSA) is 43.1 Å². The number of nitrogen functional groups attached to an aromatic ring is 1. The lowest BCUT2D eigenvalue weighted by Crippen LogP contribution is -2.06. The molecule has 0 amide bonds. The fourth-order valence-electron chi connectivity index (χ4n) is 2.57. The Hall–Kier alpha value is -2.23. The van der Waals surface area contributed by atoms with Crippen molar-refractivity contribution in [3.05, 3.63) is 95.0 Å². The van der Waals surface area contributed by atoms with E-state index in [4.69, 9.17) is 17.3 Å². The molecule has 0 saturated carbocycles. The number of Topliss-reactive ketones (excluding diaryl/α,β-unsaturated/α-hetero) is 1. The maximum absolute atomic E-state index is 12.7. The molecule has 0 saturated heterocycles. The number of halogens is 1. The zero-order valence-electron chi connectivity index (χ0n) is 13.6. The fourth-order valence-corrected chi connectivity index (χ4v) is 4.04. The van der Waals surface area contributed by atoms with E-state index in [0.717, 1.165) is 16.0 Å². The second kappa shape index (κ2) is 8.24. The molecule has 0 heterocycles. The molecule has 25 heavy (non-hydrogen) atoms. The summed E-state index contributed by atoms with van der Waals surface area (Å²) in [4.78, 5) is 13.6. The number of ketones is 1. The summed E-state index contributed by atoms with van der Waals surface area (Å²) in [6.45, 7) is 0. The Kier molecular flexibility index (Phi) is 5.79. The number of anilines is 1. The average molecular weight is 368 g/mol. The molecule has 0 fully saturated rings. The van der Waals surface area contributed by atoms with Gasteiger partial charge in [0.05, 0.1) is 0 Å². The van der Waals surface area contributed by atoms with Gasteiger partial charge < -0.3 is 5.73 Å². The monoisotopic (exact) mass is 367 g/mol. The van der Waals surface area contributed by atoms with Crippen molar-refractivity contribution in [3.63, 3.8) is 0 Å². The van der Waals surface area contributed by atoms with Crippen molar-refractivity contribution in [3.8, 4) is 0 Å². The molecule has 126 valence electrons. The van der Waals surface area contributed by atoms with Gasteiger partial charge in [0.15, 0.2) is 5.78 Å². The van der Waals surface area contributed by atoms with Gasteiger partial charge in [-0.2, -0.15) is 0 Å². The SMILES string of the molecule is Nc1ccc(Cl)cc1SC(CC(=O)c1ccccc1)c1ccccc1. The van der Waals surface area contributed by atoms with Gasteiger partial charge in [0, 0.05) is 32.8 Å². The minimum atomic E-state index is -0.0327. The minimum absolute atomic E-state index is 0.0327. The molecule has 2 N–H and O–H groups in total. The normalized spacial score (nSPS) is 11.9. The van der Waals surface area contributed by atoms with Crippen LogP contribution in [0.1, 0.15) is 27.6 Å². The van der Waals surface area contributed by atoms with E-state index < -0.39 is 0 Å². The Bertz CT molecular complexity index is 852. The predicted molar refractivity (Wildman–Crippen MR) is 106 cm³/mol. The summed E-state index contributed by atoms with van der Waals surface area (Å²) >= 11 is 7.69. The van der Waals surface area contributed by atoms with Crippen LogP contribution in [0.15, 0.2) is 83.8 Å². The van der Waals surface area contributed by atoms with Gasteiger partial charge >= 0.3 is 0 Å². The van der Waals surface area contributed by atoms with E-state index in [0.29, 0.717) is 17.1 Å². The summed E-state index contributed by atoms with van der Waals surface area (Å²) in [6, 6.07) is 24.8. The van der Waals surface area contributed by atoms with Crippen LogP contribution in [-0.4, -0.2) is 5.78 Å². The van der Waals surface area contributed by atoms with Crippen LogP contribution in [0.2, 0.25) is 5.02 Å². The summed E-state index contributed by atoms with van der Waals surface area (Å²) in [5.74, 6) is 0.113. The van der Waals surface area contributed by atoms with Crippen LogP contribution in [0.25, 0.3) is 0 Å². The van der Waals surface area contributed by atoms with E-state index in [1.807, 2.05) is 66.7 Å². The Morgan fingerprint density at radius 2 is 1.60 bits per heavy atom. The van der Waals surface area contributed by atoms with E-state index in [-0.39, 0.29) is 11.0 Å². The molecule has 3 rings (SSSR count). The Balaban J connectivity index is 1.88. The number of carbonyl (C=O) groups excluding carboxylic acids is 1. The summed E-state index contributed by atoms with van der Waals surface area (Å²) in [5, 5.41) is 0.604. The van der Waals surface area contributed by atoms with E-state index in [1.54, 1.807) is 23.9 Å². The molecule has 1 unspecified atom stereocenters. The lowest BCUT2D eigenvalue weighted by Gasteiger charge is -2.18. The highest BCUT2D eigenvalue weighted by Gasteiger charge is 2.19. The number of carbonyl (C=O) groups is 1. The third-order valence-electron chi connectivity index (χ3n) is 3.88. The van der Waals surface area contributed by atoms with Gasteiger partial charge in [-0.15, -0.1) is 11.8 Å². The largest absolute Gasteiger partial charge is 0.398 e. The van der Waals surface area contributed by atoms with Crippen molar-refractivity contribution in [1.29, 1.82) is 0 Å². The lowest BCUT2D eigenvalue weighted by atomic mass is 10.0. The van der Waals surface area contributed by atoms with E-state index in [1.165, 1.54) is 0 Å². The van der Waals surface area contributed by atoms with Crippen molar-refractivity contribution < 1.29 is 4.79 Å². The Labute approximate surface area is 157 Å². The molecule has 0 aromatic heterocycles. The zero-order valence-corrected chi connectivity index (χ0v) is 15.1. The molecule has 3 aromatic rings. The van der Waals surface area contributed by atoms with Crippen LogP contribution in [0.3, 0.4) is 0 Å². The van der Waals surface area contributed by atoms with Gasteiger partial charge in [0.2, 0.25) is 0 Å². The second-order valence-electron chi connectivity index (χ2n) is 5.69. The van der Waals surface area contributed by atoms with Gasteiger partial charge in [-0.1, -0.05) is 72.3 Å². The quantitative estimate of drug-likeness (QED) is 0.328. The van der Waals surface area contributed by atoms with Crippen molar-refractivity contribution in [2.24, 2.45) is 0 Å². The van der Waals surface area contributed by atoms with Crippen LogP contribution in [-0.2, 0) is 0 Å². The number of rotatable bonds is 6. The molecule has 0 aliphatic heterocycles. The van der Waals surface area contributed by atoms with Crippen LogP contribution < -0.4 is 5.73 Å². The van der Waals surface area contributed by atoms with Gasteiger partial charge in [0.25, 0.3) is 0 Å². The Morgan fingerprint density at radius 1 is 0.960 bits per heavy atom. The highest BCUT2D eigenvalue weighted by atomic mass is 35.5. The first-order chi connectivity index (χ1) is 12.1. The molecular weight excluding hydrogens is 350 g/mol. The smallest absolute Gasteiger partial charge is 0.164 e. The molecule has 0 aliphatic carbocycles. The summed E-state index contributed by atoms with van der Waals surface area (Å²) in [5.41, 5.74) is 8.58. The first kappa shape index (κ1) is 17.6. The maximum atomic E-state index is 12.7. The molecule has 2 nitrogen and oxygen atoms in total. The summed E-state index contributed by atoms with van der Waals surface area (Å²) < 4.78 is 0. The molecule has 0 radical (unpaired) electrons. The second-order valence-corrected chi connectivity index (χ2v) is 7.37. The predicted octanol–water partition coefficient (Wildman–Crippen LogP) is 6.03. The number of hydrogen-bond donors (Lipinski definition) is 1. The standard InChI is InChI=1S/C21H18ClNOS/c22-17-11-12-18(23)21(13-17)25-20(16-9-5-2-6-10-16)14-19(24)15-7-3-1-4-8-15/h1-13,20H,14,23H2. The number of hydrogen-bond acceptors (Lipinski definition) is 3. The van der Waals surface area contributed by atoms with Crippen molar-refractivity contribution in [2.75, 3.05) is 5.73 Å². The molecular formula is C21H18ClNOS. The molecule has 0 spiro atoms. The van der Waals surface area contributed by atoms with E-state index in [2.05, 4.69) is 0 Å². The zero-order chi connectivity index (χ0) is 17.6. The molecule has 1 atom stereocenters. The number of benzene rings is 3. The average Bonchev–Trinajstić information content (AvgIpc) is 2.65. The first-order valence-electron chi connectivity index (χ1n) is 7.98. The molecule has 3 aromatic carbocycles. The van der Waals surface area contributed by atoms with Gasteiger partial charge in [-0.25, -0.2) is 0 Å². The third-order valence-corrected chi connectivity index (χ3v) is 5.45. The maximum Gasteiger partial charge on any atom is 0.164 e. The summed E-state index contributed by atoms with van der Waals surface area (Å²) in [6.07, 6.45) is 0.393. The van der Waals surface area contributed by atoms with Crippen LogP contribution in [0.5, 0.6) is 0 Å². The fraction of sp³-hybridized carbons (Fsp3) is 0.0952. The lowest BCUT2D eigenvalue weighted by molar-refractivity contribution is 0.0982. The van der Waals surface area contributed by atoms with E-state index >= 15 is 0 Å². The highest BCUT2D eigenvalue weighted by Crippen LogP contribution is 2.41. The highest BCUT2D eigenvalue weighted by molar-refractivity contribution is 7.99. The molecule has 0 bridgehead atoms. The minimum Gasteiger partial charge on any atom is -0.398 e. The third kappa shape index (κ3) is 4.65. The number of thioether (sulfide) groups is 1. The van der Waals surface area contributed by atoms with Gasteiger partial charge in [-0.05, 0) is 23.8 Å². The first-order valence-corrected chi connectivity index (χ1v) is 9.24. The molecule has 0 aliphatic rings. The number of nitrogens with two attached hydrogens (primary N) is 1. The Morgan fingerprint density at radius 3 is 2.28 bits per heavy atom.